The van der Waals surface area contributed by atoms with Crippen molar-refractivity contribution in [3.8, 4) is 0 Å². The summed E-state index contributed by atoms with van der Waals surface area (Å²) in [7, 11) is 0. The van der Waals surface area contributed by atoms with Crippen molar-refractivity contribution in [2.75, 3.05) is 4.90 Å². The number of carbonyl (C=O) groups excluding carboxylic acids is 1. The van der Waals surface area contributed by atoms with Crippen LogP contribution in [0, 0.1) is 0 Å². The summed E-state index contributed by atoms with van der Waals surface area (Å²) >= 11 is 1.23. The molecule has 1 aliphatic heterocycles. The van der Waals surface area contributed by atoms with Crippen LogP contribution in [0.2, 0.25) is 0 Å². The molecule has 30 heavy (non-hydrogen) atoms. The number of para-hydroxylation sites is 1. The molecule has 4 rings (SSSR count). The van der Waals surface area contributed by atoms with Gasteiger partial charge in [0, 0.05) is 0 Å². The second-order valence-electron chi connectivity index (χ2n) is 6.23. The van der Waals surface area contributed by atoms with Gasteiger partial charge in [0.2, 0.25) is 0 Å². The van der Waals surface area contributed by atoms with Crippen LogP contribution in [0.15, 0.2) is 99.5 Å². The minimum absolute atomic E-state index is 0.134. The first-order chi connectivity index (χ1) is 14.6. The molecule has 6 nitrogen and oxygen atoms in total. The SMILES string of the molecule is O=C(O)c1cccc(N=C2S/C(=C/C=C/c3ccco3)C(=O)N2c2ccccc2)c1. The maximum atomic E-state index is 13.1. The Balaban J connectivity index is 1.70. The Morgan fingerprint density at radius 2 is 1.90 bits per heavy atom. The summed E-state index contributed by atoms with van der Waals surface area (Å²) in [4.78, 5) is 30.9. The number of amides is 1. The molecule has 2 aromatic carbocycles. The Morgan fingerprint density at radius 1 is 1.07 bits per heavy atom. The van der Waals surface area contributed by atoms with Crippen molar-refractivity contribution in [3.05, 3.63) is 101 Å². The molecule has 1 aromatic heterocycles. The molecule has 1 fully saturated rings. The van der Waals surface area contributed by atoms with Gasteiger partial charge in [0.15, 0.2) is 5.17 Å². The number of amidine groups is 1. The van der Waals surface area contributed by atoms with Crippen molar-refractivity contribution in [1.82, 2.24) is 0 Å². The van der Waals surface area contributed by atoms with Gasteiger partial charge in [-0.15, -0.1) is 0 Å². The highest BCUT2D eigenvalue weighted by molar-refractivity contribution is 8.19. The lowest BCUT2D eigenvalue weighted by molar-refractivity contribution is -0.113. The highest BCUT2D eigenvalue weighted by Crippen LogP contribution is 2.36. The molecule has 0 radical (unpaired) electrons. The first kappa shape index (κ1) is 19.5. The molecule has 0 spiro atoms. The van der Waals surface area contributed by atoms with Crippen molar-refractivity contribution in [1.29, 1.82) is 0 Å². The van der Waals surface area contributed by atoms with Crippen LogP contribution in [0.4, 0.5) is 11.4 Å². The molecule has 1 amide bonds. The topological polar surface area (TPSA) is 83.1 Å². The fourth-order valence-electron chi connectivity index (χ4n) is 2.80. The fourth-order valence-corrected chi connectivity index (χ4v) is 3.76. The smallest absolute Gasteiger partial charge is 0.335 e. The van der Waals surface area contributed by atoms with E-state index in [0.29, 0.717) is 27.2 Å². The number of aliphatic imine (C=N–C) groups is 1. The van der Waals surface area contributed by atoms with Gasteiger partial charge in [-0.1, -0.05) is 30.3 Å². The third-order valence-corrected chi connectivity index (χ3v) is 5.18. The van der Waals surface area contributed by atoms with E-state index in [0.717, 1.165) is 0 Å². The molecule has 0 saturated carbocycles. The lowest BCUT2D eigenvalue weighted by Gasteiger charge is -2.15. The van der Waals surface area contributed by atoms with E-state index in [1.165, 1.54) is 28.8 Å². The molecule has 2 heterocycles. The van der Waals surface area contributed by atoms with Crippen LogP contribution < -0.4 is 4.90 Å². The van der Waals surface area contributed by atoms with Gasteiger partial charge < -0.3 is 9.52 Å². The molecular formula is C23H16N2O4S. The van der Waals surface area contributed by atoms with Crippen LogP contribution >= 0.6 is 11.8 Å². The number of carboxylic acids is 1. The molecule has 3 aromatic rings. The number of anilines is 1. The average Bonchev–Trinajstić information content (AvgIpc) is 3.37. The molecule has 0 aliphatic carbocycles. The van der Waals surface area contributed by atoms with E-state index in [1.54, 1.807) is 42.7 Å². The summed E-state index contributed by atoms with van der Waals surface area (Å²) in [5.74, 6) is -0.555. The average molecular weight is 416 g/mol. The van der Waals surface area contributed by atoms with E-state index < -0.39 is 5.97 Å². The van der Waals surface area contributed by atoms with E-state index >= 15 is 0 Å². The lowest BCUT2D eigenvalue weighted by atomic mass is 10.2. The third kappa shape index (κ3) is 4.26. The van der Waals surface area contributed by atoms with Gasteiger partial charge in [-0.25, -0.2) is 9.79 Å². The second kappa shape index (κ2) is 8.67. The van der Waals surface area contributed by atoms with Crippen molar-refractivity contribution in [3.63, 3.8) is 0 Å². The zero-order valence-corrected chi connectivity index (χ0v) is 16.5. The van der Waals surface area contributed by atoms with E-state index in [4.69, 9.17) is 4.42 Å². The molecule has 0 unspecified atom stereocenters. The number of rotatable bonds is 5. The highest BCUT2D eigenvalue weighted by atomic mass is 32.2. The number of aromatic carboxylic acids is 1. The Labute approximate surface area is 176 Å². The van der Waals surface area contributed by atoms with Crippen LogP contribution in [-0.2, 0) is 4.79 Å². The quantitative estimate of drug-likeness (QED) is 0.568. The molecule has 1 N–H and O–H groups in total. The Kier molecular flexibility index (Phi) is 5.63. The number of nitrogens with zero attached hydrogens (tertiary/aromatic N) is 2. The summed E-state index contributed by atoms with van der Waals surface area (Å²) in [6.45, 7) is 0. The zero-order valence-electron chi connectivity index (χ0n) is 15.6. The van der Waals surface area contributed by atoms with Gasteiger partial charge in [0.1, 0.15) is 5.76 Å². The van der Waals surface area contributed by atoms with Gasteiger partial charge in [0.05, 0.1) is 28.1 Å². The lowest BCUT2D eigenvalue weighted by Crippen LogP contribution is -2.28. The summed E-state index contributed by atoms with van der Waals surface area (Å²) in [5, 5.41) is 9.67. The second-order valence-corrected chi connectivity index (χ2v) is 7.24. The van der Waals surface area contributed by atoms with Crippen molar-refractivity contribution >= 4 is 46.3 Å². The number of carbonyl (C=O) groups is 2. The Hall–Kier alpha value is -3.84. The summed E-state index contributed by atoms with van der Waals surface area (Å²) in [5.41, 5.74) is 1.27. The van der Waals surface area contributed by atoms with Gasteiger partial charge >= 0.3 is 5.97 Å². The van der Waals surface area contributed by atoms with Crippen LogP contribution in [0.25, 0.3) is 6.08 Å². The minimum Gasteiger partial charge on any atom is -0.478 e. The number of benzene rings is 2. The molecule has 7 heteroatoms. The molecule has 1 aliphatic rings. The van der Waals surface area contributed by atoms with Gasteiger partial charge in [-0.05, 0) is 66.4 Å². The Morgan fingerprint density at radius 3 is 2.63 bits per heavy atom. The van der Waals surface area contributed by atoms with Crippen molar-refractivity contribution < 1.29 is 19.1 Å². The molecule has 0 bridgehead atoms. The molecule has 0 atom stereocenters. The van der Waals surface area contributed by atoms with Crippen molar-refractivity contribution in [2.24, 2.45) is 4.99 Å². The third-order valence-electron chi connectivity index (χ3n) is 4.19. The Bertz CT molecular complexity index is 1160. The summed E-state index contributed by atoms with van der Waals surface area (Å²) in [6, 6.07) is 19.1. The number of furan rings is 1. The van der Waals surface area contributed by atoms with Crippen LogP contribution in [0.5, 0.6) is 0 Å². The number of hydrogen-bond acceptors (Lipinski definition) is 5. The van der Waals surface area contributed by atoms with Crippen LogP contribution in [0.1, 0.15) is 16.1 Å². The maximum Gasteiger partial charge on any atom is 0.335 e. The highest BCUT2D eigenvalue weighted by Gasteiger charge is 2.34. The van der Waals surface area contributed by atoms with E-state index in [2.05, 4.69) is 4.99 Å². The summed E-state index contributed by atoms with van der Waals surface area (Å²) < 4.78 is 5.26. The largest absolute Gasteiger partial charge is 0.478 e. The normalized spacial score (nSPS) is 16.8. The van der Waals surface area contributed by atoms with Crippen LogP contribution in [-0.4, -0.2) is 22.2 Å². The van der Waals surface area contributed by atoms with Gasteiger partial charge in [0.25, 0.3) is 5.91 Å². The van der Waals surface area contributed by atoms with Crippen molar-refractivity contribution in [2.45, 2.75) is 0 Å². The van der Waals surface area contributed by atoms with Gasteiger partial charge in [-0.3, -0.25) is 9.69 Å². The van der Waals surface area contributed by atoms with E-state index in [-0.39, 0.29) is 11.5 Å². The van der Waals surface area contributed by atoms with E-state index in [1.807, 2.05) is 36.4 Å². The fraction of sp³-hybridized carbons (Fsp3) is 0. The molecular weight excluding hydrogens is 400 g/mol. The number of carboxylic acid groups (broad SMARTS) is 1. The minimum atomic E-state index is -1.03. The van der Waals surface area contributed by atoms with Crippen LogP contribution in [0.3, 0.4) is 0 Å². The van der Waals surface area contributed by atoms with Gasteiger partial charge in [-0.2, -0.15) is 0 Å². The maximum absolute atomic E-state index is 13.1. The predicted octanol–water partition coefficient (Wildman–Crippen LogP) is 5.34. The first-order valence-electron chi connectivity index (χ1n) is 9.03. The molecule has 1 saturated heterocycles. The first-order valence-corrected chi connectivity index (χ1v) is 9.85. The number of allylic oxidation sites excluding steroid dienone is 2. The number of thioether (sulfide) groups is 1. The summed E-state index contributed by atoms with van der Waals surface area (Å²) in [6.07, 6.45) is 6.80. The van der Waals surface area contributed by atoms with E-state index in [9.17, 15) is 14.7 Å². The molecule has 148 valence electrons. The number of hydrogen-bond donors (Lipinski definition) is 1. The standard InChI is InChI=1S/C23H16N2O4S/c26-21-20(13-5-11-19-12-6-14-29-19)30-23(25(21)18-9-2-1-3-10-18)24-17-8-4-7-16(15-17)22(27)28/h1-15H,(H,27,28)/b11-5+,20-13+,24-23?. The zero-order chi connectivity index (χ0) is 20.9. The monoisotopic (exact) mass is 416 g/mol. The predicted molar refractivity (Wildman–Crippen MR) is 118 cm³/mol.